The SMILES string of the molecule is CCSc1ccccc1C(=O)NCCn1ccc2ccoc2c1=O. The first-order valence-electron chi connectivity index (χ1n) is 7.77. The van der Waals surface area contributed by atoms with Crippen LogP contribution in [0.4, 0.5) is 0 Å². The van der Waals surface area contributed by atoms with Crippen molar-refractivity contribution in [1.29, 1.82) is 0 Å². The number of pyridine rings is 1. The first-order chi connectivity index (χ1) is 11.7. The van der Waals surface area contributed by atoms with E-state index < -0.39 is 0 Å². The molecule has 0 spiro atoms. The maximum Gasteiger partial charge on any atom is 0.294 e. The number of fused-ring (bicyclic) bond motifs is 1. The monoisotopic (exact) mass is 342 g/mol. The van der Waals surface area contributed by atoms with Crippen molar-refractivity contribution >= 4 is 28.6 Å². The molecule has 0 aliphatic carbocycles. The van der Waals surface area contributed by atoms with Crippen molar-refractivity contribution in [2.75, 3.05) is 12.3 Å². The predicted octanol–water partition coefficient (Wildman–Crippen LogP) is 3.14. The molecule has 0 radical (unpaired) electrons. The molecule has 0 saturated heterocycles. The van der Waals surface area contributed by atoms with E-state index >= 15 is 0 Å². The molecule has 2 aromatic heterocycles. The van der Waals surface area contributed by atoms with Crippen LogP contribution in [0.2, 0.25) is 0 Å². The van der Waals surface area contributed by atoms with Crippen molar-refractivity contribution in [2.45, 2.75) is 18.4 Å². The first-order valence-corrected chi connectivity index (χ1v) is 8.76. The summed E-state index contributed by atoms with van der Waals surface area (Å²) in [6.07, 6.45) is 3.22. The molecule has 2 heterocycles. The van der Waals surface area contributed by atoms with E-state index in [4.69, 9.17) is 4.42 Å². The number of aromatic nitrogens is 1. The smallest absolute Gasteiger partial charge is 0.294 e. The summed E-state index contributed by atoms with van der Waals surface area (Å²) in [6.45, 7) is 2.82. The Bertz CT molecular complexity index is 914. The molecule has 0 fully saturated rings. The lowest BCUT2D eigenvalue weighted by Gasteiger charge is -2.10. The van der Waals surface area contributed by atoms with Gasteiger partial charge in [0.25, 0.3) is 11.5 Å². The molecule has 1 aromatic carbocycles. The Hall–Kier alpha value is -2.47. The molecule has 5 nitrogen and oxygen atoms in total. The van der Waals surface area contributed by atoms with E-state index in [1.807, 2.05) is 30.3 Å². The van der Waals surface area contributed by atoms with Crippen molar-refractivity contribution < 1.29 is 9.21 Å². The van der Waals surface area contributed by atoms with Gasteiger partial charge in [-0.1, -0.05) is 19.1 Å². The summed E-state index contributed by atoms with van der Waals surface area (Å²) >= 11 is 1.64. The second-order valence-corrected chi connectivity index (χ2v) is 6.51. The molecule has 0 unspecified atom stereocenters. The summed E-state index contributed by atoms with van der Waals surface area (Å²) in [5, 5.41) is 3.66. The first kappa shape index (κ1) is 16.4. The zero-order chi connectivity index (χ0) is 16.9. The fourth-order valence-corrected chi connectivity index (χ4v) is 3.29. The van der Waals surface area contributed by atoms with Gasteiger partial charge in [0.15, 0.2) is 5.58 Å². The van der Waals surface area contributed by atoms with Gasteiger partial charge in [0.2, 0.25) is 0 Å². The fourth-order valence-electron chi connectivity index (χ4n) is 2.49. The van der Waals surface area contributed by atoms with Crippen LogP contribution >= 0.6 is 11.8 Å². The van der Waals surface area contributed by atoms with Crippen LogP contribution in [0.15, 0.2) is 63.0 Å². The molecule has 1 amide bonds. The van der Waals surface area contributed by atoms with Gasteiger partial charge in [-0.05, 0) is 30.0 Å². The highest BCUT2D eigenvalue weighted by atomic mass is 32.2. The van der Waals surface area contributed by atoms with Crippen LogP contribution in [0, 0.1) is 0 Å². The molecule has 0 aliphatic heterocycles. The van der Waals surface area contributed by atoms with Gasteiger partial charge in [-0.15, -0.1) is 11.8 Å². The molecule has 3 rings (SSSR count). The number of nitrogens with zero attached hydrogens (tertiary/aromatic N) is 1. The van der Waals surface area contributed by atoms with Crippen molar-refractivity contribution in [1.82, 2.24) is 9.88 Å². The van der Waals surface area contributed by atoms with Gasteiger partial charge in [0.1, 0.15) is 0 Å². The summed E-state index contributed by atoms with van der Waals surface area (Å²) in [5.41, 5.74) is 0.820. The lowest BCUT2D eigenvalue weighted by molar-refractivity contribution is 0.0949. The maximum absolute atomic E-state index is 12.4. The molecule has 6 heteroatoms. The van der Waals surface area contributed by atoms with E-state index in [-0.39, 0.29) is 11.5 Å². The van der Waals surface area contributed by atoms with Crippen molar-refractivity contribution in [3.63, 3.8) is 0 Å². The number of hydrogen-bond donors (Lipinski definition) is 1. The Balaban J connectivity index is 1.66. The van der Waals surface area contributed by atoms with Gasteiger partial charge in [0, 0.05) is 29.6 Å². The molecule has 0 bridgehead atoms. The van der Waals surface area contributed by atoms with Gasteiger partial charge < -0.3 is 14.3 Å². The predicted molar refractivity (Wildman–Crippen MR) is 95.6 cm³/mol. The van der Waals surface area contributed by atoms with Gasteiger partial charge in [-0.2, -0.15) is 0 Å². The van der Waals surface area contributed by atoms with Gasteiger partial charge in [-0.3, -0.25) is 9.59 Å². The number of thioether (sulfide) groups is 1. The molecule has 0 aliphatic rings. The molecular weight excluding hydrogens is 324 g/mol. The quantitative estimate of drug-likeness (QED) is 0.699. The highest BCUT2D eigenvalue weighted by molar-refractivity contribution is 7.99. The van der Waals surface area contributed by atoms with Crippen LogP contribution in [0.1, 0.15) is 17.3 Å². The average molecular weight is 342 g/mol. The number of hydrogen-bond acceptors (Lipinski definition) is 4. The summed E-state index contributed by atoms with van der Waals surface area (Å²) in [6, 6.07) is 11.1. The summed E-state index contributed by atoms with van der Waals surface area (Å²) in [4.78, 5) is 25.5. The van der Waals surface area contributed by atoms with Crippen molar-refractivity contribution in [3.8, 4) is 0 Å². The van der Waals surface area contributed by atoms with Crippen LogP contribution in [0.3, 0.4) is 0 Å². The third kappa shape index (κ3) is 3.38. The zero-order valence-corrected chi connectivity index (χ0v) is 14.1. The fraction of sp³-hybridized carbons (Fsp3) is 0.222. The highest BCUT2D eigenvalue weighted by Gasteiger charge is 2.11. The van der Waals surface area contributed by atoms with E-state index in [9.17, 15) is 9.59 Å². The number of benzene rings is 1. The standard InChI is InChI=1S/C18H18N2O3S/c1-2-24-15-6-4-3-5-14(15)17(21)19-9-11-20-10-7-13-8-12-23-16(13)18(20)22/h3-8,10,12H,2,9,11H2,1H3,(H,19,21). The minimum atomic E-state index is -0.186. The summed E-state index contributed by atoms with van der Waals surface area (Å²) in [5.74, 6) is 0.779. The normalized spacial score (nSPS) is 10.9. The van der Waals surface area contributed by atoms with Crippen LogP contribution in [0.25, 0.3) is 11.0 Å². The highest BCUT2D eigenvalue weighted by Crippen LogP contribution is 2.22. The van der Waals surface area contributed by atoms with Crippen LogP contribution < -0.4 is 10.9 Å². The molecule has 3 aromatic rings. The number of rotatable bonds is 6. The minimum Gasteiger partial charge on any atom is -0.459 e. The van der Waals surface area contributed by atoms with Crippen LogP contribution in [-0.2, 0) is 6.54 Å². The Morgan fingerprint density at radius 2 is 2.08 bits per heavy atom. The molecule has 0 atom stereocenters. The van der Waals surface area contributed by atoms with Gasteiger partial charge in [0.05, 0.1) is 11.8 Å². The van der Waals surface area contributed by atoms with E-state index in [1.54, 1.807) is 28.6 Å². The van der Waals surface area contributed by atoms with Crippen LogP contribution in [-0.4, -0.2) is 22.8 Å². The molecule has 0 saturated carbocycles. The molecular formula is C18H18N2O3S. The number of carbonyl (C=O) groups excluding carboxylic acids is 1. The van der Waals surface area contributed by atoms with E-state index in [2.05, 4.69) is 12.2 Å². The molecule has 24 heavy (non-hydrogen) atoms. The van der Waals surface area contributed by atoms with Gasteiger partial charge in [-0.25, -0.2) is 0 Å². The molecule has 1 N–H and O–H groups in total. The van der Waals surface area contributed by atoms with Gasteiger partial charge >= 0.3 is 0 Å². The number of furan rings is 1. The Kier molecular flexibility index (Phi) is 5.05. The van der Waals surface area contributed by atoms with Crippen molar-refractivity contribution in [2.24, 2.45) is 0 Å². The average Bonchev–Trinajstić information content (AvgIpc) is 3.07. The van der Waals surface area contributed by atoms with E-state index in [1.165, 1.54) is 6.26 Å². The van der Waals surface area contributed by atoms with Crippen LogP contribution in [0.5, 0.6) is 0 Å². The number of amides is 1. The lowest BCUT2D eigenvalue weighted by atomic mass is 10.2. The Labute approximate surface area is 143 Å². The molecule has 124 valence electrons. The van der Waals surface area contributed by atoms with E-state index in [0.717, 1.165) is 16.0 Å². The Morgan fingerprint density at radius 3 is 2.92 bits per heavy atom. The van der Waals surface area contributed by atoms with E-state index in [0.29, 0.717) is 24.2 Å². The lowest BCUT2D eigenvalue weighted by Crippen LogP contribution is -2.30. The Morgan fingerprint density at radius 1 is 1.25 bits per heavy atom. The van der Waals surface area contributed by atoms with Crippen molar-refractivity contribution in [3.05, 3.63) is 64.8 Å². The topological polar surface area (TPSA) is 64.2 Å². The summed E-state index contributed by atoms with van der Waals surface area (Å²) in [7, 11) is 0. The number of nitrogens with one attached hydrogen (secondary N) is 1. The second kappa shape index (κ2) is 7.40. The third-order valence-electron chi connectivity index (χ3n) is 3.65. The summed E-state index contributed by atoms with van der Waals surface area (Å²) < 4.78 is 6.75. The maximum atomic E-state index is 12.4. The zero-order valence-electron chi connectivity index (χ0n) is 13.3. The second-order valence-electron chi connectivity index (χ2n) is 5.20. The minimum absolute atomic E-state index is 0.126. The number of carbonyl (C=O) groups is 1. The largest absolute Gasteiger partial charge is 0.459 e. The third-order valence-corrected chi connectivity index (χ3v) is 4.61.